The molecule has 65 heavy (non-hydrogen) atoms. The number of nitrogens with two attached hydrogens (primary N) is 2. The van der Waals surface area contributed by atoms with Crippen molar-refractivity contribution in [3.63, 3.8) is 0 Å². The van der Waals surface area contributed by atoms with Gasteiger partial charge in [-0.3, -0.25) is 24.0 Å². The van der Waals surface area contributed by atoms with E-state index in [-0.39, 0.29) is 37.2 Å². The first-order valence-electron chi connectivity index (χ1n) is 21.4. The number of aromatic hydroxyl groups is 2. The van der Waals surface area contributed by atoms with Crippen LogP contribution in [-0.4, -0.2) is 109 Å². The van der Waals surface area contributed by atoms with Crippen LogP contribution in [0.4, 0.5) is 0 Å². The van der Waals surface area contributed by atoms with Crippen molar-refractivity contribution >= 4 is 46.4 Å². The fraction of sp³-hybridized carbons (Fsp3) is 0.370. The summed E-state index contributed by atoms with van der Waals surface area (Å²) < 4.78 is 0. The fourth-order valence-corrected chi connectivity index (χ4v) is 7.21. The maximum Gasteiger partial charge on any atom is 0.326 e. The van der Waals surface area contributed by atoms with Gasteiger partial charge in [0.05, 0.1) is 12.4 Å². The Morgan fingerprint density at radius 3 is 1.77 bits per heavy atom. The maximum atomic E-state index is 14.5. The third kappa shape index (κ3) is 14.4. The smallest absolute Gasteiger partial charge is 0.326 e. The quantitative estimate of drug-likeness (QED) is 0.0389. The van der Waals surface area contributed by atoms with E-state index < -0.39 is 77.7 Å². The van der Waals surface area contributed by atoms with Gasteiger partial charge in [0, 0.05) is 54.7 Å². The summed E-state index contributed by atoms with van der Waals surface area (Å²) in [4.78, 5) is 92.7. The number of nitrogens with zero attached hydrogens (tertiary/aromatic N) is 1. The number of para-hydroxylation sites is 1. The zero-order valence-corrected chi connectivity index (χ0v) is 36.3. The molecule has 0 aliphatic carbocycles. The average Bonchev–Trinajstić information content (AvgIpc) is 3.95. The van der Waals surface area contributed by atoms with Crippen LogP contribution in [-0.2, 0) is 54.5 Å². The van der Waals surface area contributed by atoms with Crippen molar-refractivity contribution in [1.29, 1.82) is 0 Å². The molecule has 0 aliphatic rings. The van der Waals surface area contributed by atoms with Crippen LogP contribution in [0, 0.1) is 5.92 Å². The van der Waals surface area contributed by atoms with E-state index in [1.54, 1.807) is 32.2 Å². The number of phenols is 2. The number of imidazole rings is 1. The van der Waals surface area contributed by atoms with Crippen molar-refractivity contribution in [1.82, 2.24) is 41.5 Å². The van der Waals surface area contributed by atoms with Crippen LogP contribution in [0.5, 0.6) is 11.5 Å². The lowest BCUT2D eigenvalue weighted by atomic mass is 9.98. The van der Waals surface area contributed by atoms with E-state index >= 15 is 0 Å². The first kappa shape index (κ1) is 48.8. The second kappa shape index (κ2) is 23.4. The van der Waals surface area contributed by atoms with Gasteiger partial charge in [0.2, 0.25) is 29.5 Å². The Morgan fingerprint density at radius 2 is 1.18 bits per heavy atom. The molecule has 0 spiro atoms. The van der Waals surface area contributed by atoms with E-state index in [1.165, 1.54) is 48.9 Å². The van der Waals surface area contributed by atoms with Gasteiger partial charge in [-0.05, 0) is 72.3 Å². The number of rotatable bonds is 24. The Bertz CT molecular complexity index is 2370. The van der Waals surface area contributed by atoms with Crippen LogP contribution >= 0.6 is 0 Å². The predicted octanol–water partition coefficient (Wildman–Crippen LogP) is 1.19. The molecule has 0 aliphatic heterocycles. The fourth-order valence-electron chi connectivity index (χ4n) is 7.21. The van der Waals surface area contributed by atoms with Crippen molar-refractivity contribution < 1.29 is 44.1 Å². The van der Waals surface area contributed by atoms with Gasteiger partial charge in [0.1, 0.15) is 41.7 Å². The minimum Gasteiger partial charge on any atom is -0.508 e. The monoisotopic (exact) mass is 894 g/mol. The third-order valence-corrected chi connectivity index (χ3v) is 10.9. The molecular formula is C46H58N10O9. The lowest BCUT2D eigenvalue weighted by molar-refractivity contribution is -0.142. The van der Waals surface area contributed by atoms with Gasteiger partial charge in [-0.1, -0.05) is 62.7 Å². The summed E-state index contributed by atoms with van der Waals surface area (Å²) in [5.74, 6) is -5.61. The van der Waals surface area contributed by atoms with E-state index in [0.29, 0.717) is 48.2 Å². The molecule has 346 valence electrons. The molecule has 2 heterocycles. The number of aromatic nitrogens is 3. The first-order valence-corrected chi connectivity index (χ1v) is 21.4. The zero-order chi connectivity index (χ0) is 47.0. The molecule has 0 bridgehead atoms. The molecule has 5 aromatic rings. The van der Waals surface area contributed by atoms with E-state index in [2.05, 4.69) is 41.5 Å². The number of aromatic amines is 2. The van der Waals surface area contributed by atoms with E-state index in [1.807, 2.05) is 24.3 Å². The minimum atomic E-state index is -1.42. The van der Waals surface area contributed by atoms with E-state index in [4.69, 9.17) is 11.5 Å². The van der Waals surface area contributed by atoms with Crippen molar-refractivity contribution in [3.8, 4) is 11.5 Å². The Kier molecular flexibility index (Phi) is 17.6. The number of carbonyl (C=O) groups is 6. The molecule has 5 amide bonds. The van der Waals surface area contributed by atoms with Crippen molar-refractivity contribution in [2.24, 2.45) is 17.4 Å². The van der Waals surface area contributed by atoms with Crippen LogP contribution < -0.4 is 38.1 Å². The highest BCUT2D eigenvalue weighted by atomic mass is 16.4. The van der Waals surface area contributed by atoms with Gasteiger partial charge in [-0.2, -0.15) is 0 Å². The topological polar surface area (TPSA) is 320 Å². The van der Waals surface area contributed by atoms with Gasteiger partial charge in [0.15, 0.2) is 0 Å². The SMILES string of the molecule is CC(C)[C@H](NC(=O)[C@H](Cc1c[nH]c2ccccc12)NC(=O)[C@H](Cc1cnc[nH]1)NC(=O)[C@@H](N)CCCCN)C(=O)N[C@@H](Cc1ccc(O)cc1)C(=O)N[C@@H](Cc1ccc(O)cc1)C(=O)O. The summed E-state index contributed by atoms with van der Waals surface area (Å²) in [6.45, 7) is 3.79. The summed E-state index contributed by atoms with van der Waals surface area (Å²) >= 11 is 0. The number of H-pyrrole nitrogens is 2. The van der Waals surface area contributed by atoms with Gasteiger partial charge < -0.3 is 63.3 Å². The minimum absolute atomic E-state index is 0.0201. The number of amides is 5. The molecule has 0 fully saturated rings. The molecule has 0 unspecified atom stereocenters. The normalized spacial score (nSPS) is 14.0. The van der Waals surface area contributed by atoms with Crippen molar-refractivity contribution in [3.05, 3.63) is 114 Å². The van der Waals surface area contributed by atoms with Crippen LogP contribution in [0.2, 0.25) is 0 Å². The lowest BCUT2D eigenvalue weighted by Crippen LogP contribution is -2.61. The van der Waals surface area contributed by atoms with Gasteiger partial charge in [-0.15, -0.1) is 0 Å². The highest BCUT2D eigenvalue weighted by Crippen LogP contribution is 2.20. The molecule has 5 rings (SSSR count). The average molecular weight is 895 g/mol. The maximum absolute atomic E-state index is 14.5. The lowest BCUT2D eigenvalue weighted by Gasteiger charge is -2.29. The van der Waals surface area contributed by atoms with Crippen LogP contribution in [0.1, 0.15) is 55.5 Å². The van der Waals surface area contributed by atoms with E-state index in [9.17, 15) is 44.1 Å². The van der Waals surface area contributed by atoms with Gasteiger partial charge >= 0.3 is 5.97 Å². The van der Waals surface area contributed by atoms with Gasteiger partial charge in [-0.25, -0.2) is 9.78 Å². The third-order valence-electron chi connectivity index (χ3n) is 10.9. The molecule has 14 N–H and O–H groups in total. The second-order valence-electron chi connectivity index (χ2n) is 16.3. The molecule has 0 radical (unpaired) electrons. The Hall–Kier alpha value is -7.25. The molecular weight excluding hydrogens is 837 g/mol. The van der Waals surface area contributed by atoms with E-state index in [0.717, 1.165) is 10.9 Å². The molecule has 19 nitrogen and oxygen atoms in total. The summed E-state index contributed by atoms with van der Waals surface area (Å²) in [6, 6.07) is 11.6. The number of fused-ring (bicyclic) bond motifs is 1. The van der Waals surface area contributed by atoms with Gasteiger partial charge in [0.25, 0.3) is 0 Å². The number of carboxylic acids is 1. The van der Waals surface area contributed by atoms with Crippen LogP contribution in [0.25, 0.3) is 10.9 Å². The molecule has 3 aromatic carbocycles. The molecule has 6 atom stereocenters. The summed E-state index contributed by atoms with van der Waals surface area (Å²) in [5, 5.41) is 43.9. The standard InChI is InChI=1S/C46H58N10O9/c1-26(2)40(45(63)54-36(19-27-10-14-31(57)15-11-27)42(60)55-39(46(64)65)20-28-12-16-32(58)17-13-28)56-44(62)37(21-29-23-50-35-9-4-3-7-33(29)35)53-43(61)38(22-30-24-49-25-51-30)52-41(59)34(48)8-5-6-18-47/h3-4,7,9-17,23-26,34,36-40,50,57-58H,5-6,8,18-22,47-48H2,1-2H3,(H,49,51)(H,52,59)(H,53,61)(H,54,63)(H,55,60)(H,56,62)(H,64,65)/t34-,36-,37-,38-,39-,40-/m0/s1. The highest BCUT2D eigenvalue weighted by Gasteiger charge is 2.35. The number of benzene rings is 3. The summed E-state index contributed by atoms with van der Waals surface area (Å²) in [6.07, 6.45) is 5.93. The molecule has 0 saturated carbocycles. The summed E-state index contributed by atoms with van der Waals surface area (Å²) in [5.41, 5.74) is 14.8. The highest BCUT2D eigenvalue weighted by molar-refractivity contribution is 5.97. The number of carbonyl (C=O) groups excluding carboxylic acids is 5. The number of unbranched alkanes of at least 4 members (excludes halogenated alkanes) is 1. The number of phenolic OH excluding ortho intramolecular Hbond substituents is 2. The summed E-state index contributed by atoms with van der Waals surface area (Å²) in [7, 11) is 0. The number of hydrogen-bond acceptors (Lipinski definition) is 11. The van der Waals surface area contributed by atoms with Crippen LogP contribution in [0.15, 0.2) is 91.5 Å². The Labute approximate surface area is 375 Å². The molecule has 2 aromatic heterocycles. The predicted molar refractivity (Wildman–Crippen MR) is 241 cm³/mol. The number of hydrogen-bond donors (Lipinski definition) is 12. The van der Waals surface area contributed by atoms with Crippen molar-refractivity contribution in [2.45, 2.75) is 95.0 Å². The number of nitrogens with one attached hydrogen (secondary N) is 7. The zero-order valence-electron chi connectivity index (χ0n) is 36.3. The van der Waals surface area contributed by atoms with Crippen molar-refractivity contribution in [2.75, 3.05) is 6.54 Å². The van der Waals surface area contributed by atoms with Crippen LogP contribution in [0.3, 0.4) is 0 Å². The second-order valence-corrected chi connectivity index (χ2v) is 16.3. The largest absolute Gasteiger partial charge is 0.508 e. The molecule has 0 saturated heterocycles. The Morgan fingerprint density at radius 1 is 0.646 bits per heavy atom. The molecule has 19 heteroatoms. The first-order chi connectivity index (χ1) is 31.1. The number of carboxylic acid groups (broad SMARTS) is 1. The Balaban J connectivity index is 1.40. The number of aliphatic carboxylic acids is 1.